The third-order valence-corrected chi connectivity index (χ3v) is 4.95. The molecule has 8 heteroatoms. The predicted octanol–water partition coefficient (Wildman–Crippen LogP) is 1.38. The molecule has 0 aliphatic rings. The van der Waals surface area contributed by atoms with Gasteiger partial charge in [0.05, 0.1) is 12.0 Å². The number of amides is 1. The molecular formula is C15H19NO5S2. The number of hydrogen-bond acceptors (Lipinski definition) is 6. The van der Waals surface area contributed by atoms with Crippen molar-refractivity contribution >= 4 is 33.5 Å². The lowest BCUT2D eigenvalue weighted by Gasteiger charge is -2.14. The van der Waals surface area contributed by atoms with Gasteiger partial charge in [-0.05, 0) is 30.6 Å². The van der Waals surface area contributed by atoms with E-state index in [0.29, 0.717) is 12.2 Å². The summed E-state index contributed by atoms with van der Waals surface area (Å²) in [5, 5.41) is 3.27. The highest BCUT2D eigenvalue weighted by molar-refractivity contribution is 7.98. The summed E-state index contributed by atoms with van der Waals surface area (Å²) in [5.74, 6) is -0.570. The van der Waals surface area contributed by atoms with Crippen molar-refractivity contribution in [2.45, 2.75) is 17.4 Å². The Labute approximate surface area is 140 Å². The van der Waals surface area contributed by atoms with E-state index in [1.54, 1.807) is 18.2 Å². The summed E-state index contributed by atoms with van der Waals surface area (Å²) < 4.78 is 28.7. The highest BCUT2D eigenvalue weighted by atomic mass is 32.2. The maximum absolute atomic E-state index is 12.0. The lowest BCUT2D eigenvalue weighted by molar-refractivity contribution is -0.144. The summed E-state index contributed by atoms with van der Waals surface area (Å²) in [6.07, 6.45) is 3.18. The van der Waals surface area contributed by atoms with Crippen LogP contribution in [0.15, 0.2) is 46.7 Å². The van der Waals surface area contributed by atoms with Gasteiger partial charge < -0.3 is 10.1 Å². The van der Waals surface area contributed by atoms with Gasteiger partial charge in [0.2, 0.25) is 5.91 Å². The van der Waals surface area contributed by atoms with E-state index in [0.717, 1.165) is 11.5 Å². The fourth-order valence-electron chi connectivity index (χ4n) is 1.69. The number of carbonyl (C=O) groups is 2. The SMILES string of the molecule is COC(=O)[C@H](CCSC)NC(=O)/C=C/S(=O)(=O)c1ccccc1. The Morgan fingerprint density at radius 3 is 2.52 bits per heavy atom. The zero-order valence-electron chi connectivity index (χ0n) is 12.9. The zero-order chi connectivity index (χ0) is 17.3. The van der Waals surface area contributed by atoms with Crippen LogP contribution in [0.2, 0.25) is 0 Å². The summed E-state index contributed by atoms with van der Waals surface area (Å²) >= 11 is 1.53. The zero-order valence-corrected chi connectivity index (χ0v) is 14.5. The summed E-state index contributed by atoms with van der Waals surface area (Å²) in [4.78, 5) is 23.5. The van der Waals surface area contributed by atoms with Crippen LogP contribution in [-0.4, -0.2) is 45.5 Å². The number of methoxy groups -OCH3 is 1. The van der Waals surface area contributed by atoms with Gasteiger partial charge >= 0.3 is 5.97 Å². The Morgan fingerprint density at radius 2 is 1.96 bits per heavy atom. The number of sulfone groups is 1. The van der Waals surface area contributed by atoms with Crippen LogP contribution in [0.4, 0.5) is 0 Å². The first-order chi connectivity index (χ1) is 10.9. The van der Waals surface area contributed by atoms with Gasteiger partial charge in [-0.2, -0.15) is 11.8 Å². The Balaban J connectivity index is 2.75. The second-order valence-electron chi connectivity index (χ2n) is 4.53. The molecular weight excluding hydrogens is 338 g/mol. The Hall–Kier alpha value is -1.80. The van der Waals surface area contributed by atoms with E-state index in [1.807, 2.05) is 6.26 Å². The van der Waals surface area contributed by atoms with Crippen LogP contribution >= 0.6 is 11.8 Å². The molecule has 1 N–H and O–H groups in total. The van der Waals surface area contributed by atoms with Gasteiger partial charge in [0.15, 0.2) is 9.84 Å². The van der Waals surface area contributed by atoms with Crippen molar-refractivity contribution in [3.63, 3.8) is 0 Å². The van der Waals surface area contributed by atoms with E-state index in [9.17, 15) is 18.0 Å². The number of rotatable bonds is 8. The summed E-state index contributed by atoms with van der Waals surface area (Å²) in [5.41, 5.74) is 0. The lowest BCUT2D eigenvalue weighted by Crippen LogP contribution is -2.41. The quantitative estimate of drug-likeness (QED) is 0.558. The molecule has 0 saturated heterocycles. The summed E-state index contributed by atoms with van der Waals surface area (Å²) in [6.45, 7) is 0. The second-order valence-corrected chi connectivity index (χ2v) is 7.35. The van der Waals surface area contributed by atoms with Crippen LogP contribution in [0.1, 0.15) is 6.42 Å². The van der Waals surface area contributed by atoms with Crippen molar-refractivity contribution < 1.29 is 22.7 Å². The molecule has 0 saturated carbocycles. The average Bonchev–Trinajstić information content (AvgIpc) is 2.57. The van der Waals surface area contributed by atoms with E-state index < -0.39 is 27.8 Å². The Bertz CT molecular complexity index is 656. The van der Waals surface area contributed by atoms with Crippen molar-refractivity contribution in [3.8, 4) is 0 Å². The average molecular weight is 357 g/mol. The monoisotopic (exact) mass is 357 g/mol. The van der Waals surface area contributed by atoms with Crippen LogP contribution < -0.4 is 5.32 Å². The normalized spacial score (nSPS) is 12.8. The third kappa shape index (κ3) is 6.45. The fourth-order valence-corrected chi connectivity index (χ4v) is 3.15. The summed E-state index contributed by atoms with van der Waals surface area (Å²) in [6, 6.07) is 6.96. The van der Waals surface area contributed by atoms with E-state index >= 15 is 0 Å². The number of ether oxygens (including phenoxy) is 1. The highest BCUT2D eigenvalue weighted by Crippen LogP contribution is 2.11. The van der Waals surface area contributed by atoms with Crippen molar-refractivity contribution in [1.82, 2.24) is 5.32 Å². The second kappa shape index (κ2) is 9.36. The van der Waals surface area contributed by atoms with Crippen LogP contribution in [-0.2, 0) is 24.2 Å². The minimum absolute atomic E-state index is 0.0935. The molecule has 0 bridgehead atoms. The molecule has 0 fully saturated rings. The Morgan fingerprint density at radius 1 is 1.30 bits per heavy atom. The smallest absolute Gasteiger partial charge is 0.328 e. The number of carbonyl (C=O) groups excluding carboxylic acids is 2. The Kier molecular flexibility index (Phi) is 7.84. The maximum Gasteiger partial charge on any atom is 0.328 e. The molecule has 0 unspecified atom stereocenters. The molecule has 1 aromatic carbocycles. The van der Waals surface area contributed by atoms with Gasteiger partial charge in [-0.15, -0.1) is 0 Å². The molecule has 1 amide bonds. The first-order valence-electron chi connectivity index (χ1n) is 6.76. The number of nitrogens with one attached hydrogen (secondary N) is 1. The predicted molar refractivity (Wildman–Crippen MR) is 89.7 cm³/mol. The molecule has 0 spiro atoms. The largest absolute Gasteiger partial charge is 0.467 e. The van der Waals surface area contributed by atoms with Gasteiger partial charge in [0, 0.05) is 11.5 Å². The topological polar surface area (TPSA) is 89.5 Å². The first-order valence-corrected chi connectivity index (χ1v) is 9.70. The molecule has 126 valence electrons. The molecule has 23 heavy (non-hydrogen) atoms. The van der Waals surface area contributed by atoms with E-state index in [1.165, 1.54) is 31.0 Å². The van der Waals surface area contributed by atoms with Crippen LogP contribution in [0.3, 0.4) is 0 Å². The van der Waals surface area contributed by atoms with Crippen molar-refractivity contribution in [1.29, 1.82) is 0 Å². The standard InChI is InChI=1S/C15H19NO5S2/c1-21-15(18)13(8-10-22-2)16-14(17)9-11-23(19,20)12-6-4-3-5-7-12/h3-7,9,11,13H,8,10H2,1-2H3,(H,16,17)/b11-9+/t13-/m0/s1. The maximum atomic E-state index is 12.0. The van der Waals surface area contributed by atoms with Crippen molar-refractivity contribution in [3.05, 3.63) is 41.8 Å². The van der Waals surface area contributed by atoms with Gasteiger partial charge in [0.25, 0.3) is 0 Å². The highest BCUT2D eigenvalue weighted by Gasteiger charge is 2.20. The van der Waals surface area contributed by atoms with Gasteiger partial charge in [-0.1, -0.05) is 18.2 Å². The lowest BCUT2D eigenvalue weighted by atomic mass is 10.2. The van der Waals surface area contributed by atoms with Crippen LogP contribution in [0, 0.1) is 0 Å². The van der Waals surface area contributed by atoms with E-state index in [-0.39, 0.29) is 4.90 Å². The number of hydrogen-bond donors (Lipinski definition) is 1. The molecule has 0 heterocycles. The number of thioether (sulfide) groups is 1. The first kappa shape index (κ1) is 19.2. The number of benzene rings is 1. The summed E-state index contributed by atoms with van der Waals surface area (Å²) in [7, 11) is -2.46. The van der Waals surface area contributed by atoms with Crippen LogP contribution in [0.5, 0.6) is 0 Å². The van der Waals surface area contributed by atoms with Crippen molar-refractivity contribution in [2.24, 2.45) is 0 Å². The molecule has 1 aromatic rings. The van der Waals surface area contributed by atoms with Crippen molar-refractivity contribution in [2.75, 3.05) is 19.1 Å². The molecule has 0 aromatic heterocycles. The minimum Gasteiger partial charge on any atom is -0.467 e. The molecule has 1 rings (SSSR count). The third-order valence-electron chi connectivity index (χ3n) is 2.88. The molecule has 0 aliphatic heterocycles. The van der Waals surface area contributed by atoms with Gasteiger partial charge in [-0.25, -0.2) is 13.2 Å². The molecule has 0 radical (unpaired) electrons. The van der Waals surface area contributed by atoms with E-state index in [4.69, 9.17) is 0 Å². The van der Waals surface area contributed by atoms with Gasteiger partial charge in [-0.3, -0.25) is 4.79 Å². The van der Waals surface area contributed by atoms with Gasteiger partial charge in [0.1, 0.15) is 6.04 Å². The number of esters is 1. The molecule has 0 aliphatic carbocycles. The fraction of sp³-hybridized carbons (Fsp3) is 0.333. The minimum atomic E-state index is -3.70. The molecule has 1 atom stereocenters. The molecule has 6 nitrogen and oxygen atoms in total. The van der Waals surface area contributed by atoms with Crippen LogP contribution in [0.25, 0.3) is 0 Å². The van der Waals surface area contributed by atoms with E-state index in [2.05, 4.69) is 10.1 Å².